The molecule has 1 radical (unpaired) electrons. The number of halogens is 2. The average Bonchev–Trinajstić information content (AvgIpc) is 2.08. The molecule has 0 bridgehead atoms. The summed E-state index contributed by atoms with van der Waals surface area (Å²) in [7, 11) is 0. The summed E-state index contributed by atoms with van der Waals surface area (Å²) >= 11 is 5.58. The van der Waals surface area contributed by atoms with Crippen molar-refractivity contribution in [1.82, 2.24) is 0 Å². The topological polar surface area (TPSA) is 0 Å². The van der Waals surface area contributed by atoms with Crippen molar-refractivity contribution in [3.8, 4) is 0 Å². The van der Waals surface area contributed by atoms with Crippen LogP contribution in [0.15, 0.2) is 24.8 Å². The molecule has 0 aliphatic heterocycles. The smallest absolute Gasteiger partial charge is 0.141 e. The molecule has 0 N–H and O–H groups in total. The lowest BCUT2D eigenvalue weighted by molar-refractivity contribution is 0.628. The maximum Gasteiger partial charge on any atom is 0.141 e. The Bertz CT molecular complexity index is 305. The Morgan fingerprint density at radius 1 is 1.50 bits per heavy atom. The predicted octanol–water partition coefficient (Wildman–Crippen LogP) is 3.72. The van der Waals surface area contributed by atoms with Crippen molar-refractivity contribution < 1.29 is 4.39 Å². The lowest BCUT2D eigenvalue weighted by atomic mass is 10.1. The fraction of sp³-hybridized carbons (Fsp3) is 0.100. The standard InChI is InChI=1S/C10H9ClF/c1-3-7(2)8-4-5-10(12)9(11)6-8/h4-6H,1-3H2. The second-order valence-electron chi connectivity index (χ2n) is 2.48. The molecule has 1 rings (SSSR count). The highest BCUT2D eigenvalue weighted by molar-refractivity contribution is 6.30. The minimum absolute atomic E-state index is 0.127. The Balaban J connectivity index is 3.05. The summed E-state index contributed by atoms with van der Waals surface area (Å²) in [6.07, 6.45) is 0.599. The summed E-state index contributed by atoms with van der Waals surface area (Å²) in [5.41, 5.74) is 1.70. The van der Waals surface area contributed by atoms with Gasteiger partial charge >= 0.3 is 0 Å². The van der Waals surface area contributed by atoms with Gasteiger partial charge in [0.2, 0.25) is 0 Å². The molecule has 0 unspecified atom stereocenters. The third-order valence-corrected chi connectivity index (χ3v) is 1.92. The molecule has 2 heteroatoms. The van der Waals surface area contributed by atoms with Crippen LogP contribution in [-0.2, 0) is 0 Å². The fourth-order valence-electron chi connectivity index (χ4n) is 0.860. The van der Waals surface area contributed by atoms with E-state index in [-0.39, 0.29) is 5.02 Å². The average molecular weight is 184 g/mol. The third kappa shape index (κ3) is 1.86. The van der Waals surface area contributed by atoms with E-state index < -0.39 is 5.82 Å². The van der Waals surface area contributed by atoms with E-state index in [1.54, 1.807) is 12.1 Å². The number of allylic oxidation sites excluding steroid dienone is 1. The Kier molecular flexibility index (Phi) is 2.88. The van der Waals surface area contributed by atoms with Crippen molar-refractivity contribution in [3.05, 3.63) is 48.1 Å². The summed E-state index contributed by atoms with van der Waals surface area (Å²) in [4.78, 5) is 0. The third-order valence-electron chi connectivity index (χ3n) is 1.63. The monoisotopic (exact) mass is 183 g/mol. The molecule has 0 aliphatic rings. The van der Waals surface area contributed by atoms with Crippen molar-refractivity contribution in [1.29, 1.82) is 0 Å². The van der Waals surface area contributed by atoms with Gasteiger partial charge in [-0.25, -0.2) is 4.39 Å². The van der Waals surface area contributed by atoms with Crippen molar-refractivity contribution in [2.75, 3.05) is 0 Å². The Labute approximate surface area is 76.7 Å². The van der Waals surface area contributed by atoms with E-state index >= 15 is 0 Å². The van der Waals surface area contributed by atoms with Gasteiger partial charge in [-0.15, -0.1) is 0 Å². The summed E-state index contributed by atoms with van der Waals surface area (Å²) in [6.45, 7) is 7.45. The van der Waals surface area contributed by atoms with Crippen molar-refractivity contribution in [2.45, 2.75) is 6.42 Å². The lowest BCUT2D eigenvalue weighted by Crippen LogP contribution is -1.83. The molecule has 0 aromatic heterocycles. The molecule has 0 nitrogen and oxygen atoms in total. The summed E-state index contributed by atoms with van der Waals surface area (Å²) < 4.78 is 12.7. The zero-order valence-electron chi connectivity index (χ0n) is 6.61. The number of hydrogen-bond donors (Lipinski definition) is 0. The van der Waals surface area contributed by atoms with Gasteiger partial charge in [0.25, 0.3) is 0 Å². The molecule has 1 aromatic carbocycles. The van der Waals surface area contributed by atoms with Gasteiger partial charge in [-0.1, -0.05) is 24.2 Å². The zero-order valence-corrected chi connectivity index (χ0v) is 7.37. The van der Waals surface area contributed by atoms with Gasteiger partial charge in [-0.05, 0) is 36.6 Å². The van der Waals surface area contributed by atoms with Crippen LogP contribution in [0.2, 0.25) is 5.02 Å². The van der Waals surface area contributed by atoms with Gasteiger partial charge in [0.05, 0.1) is 5.02 Å². The molecule has 1 aromatic rings. The van der Waals surface area contributed by atoms with E-state index in [1.807, 2.05) is 0 Å². The highest BCUT2D eigenvalue weighted by Gasteiger charge is 2.01. The van der Waals surface area contributed by atoms with Gasteiger partial charge in [0.1, 0.15) is 5.82 Å². The van der Waals surface area contributed by atoms with Crippen LogP contribution in [0.4, 0.5) is 4.39 Å². The van der Waals surface area contributed by atoms with Crippen LogP contribution < -0.4 is 0 Å². The molecule has 0 amide bonds. The quantitative estimate of drug-likeness (QED) is 0.656. The molecule has 0 heterocycles. The predicted molar refractivity (Wildman–Crippen MR) is 50.4 cm³/mol. The van der Waals surface area contributed by atoms with Crippen LogP contribution in [0.25, 0.3) is 5.57 Å². The van der Waals surface area contributed by atoms with E-state index in [4.69, 9.17) is 11.6 Å². The van der Waals surface area contributed by atoms with Crippen molar-refractivity contribution in [3.63, 3.8) is 0 Å². The normalized spacial score (nSPS) is 9.92. The molecule has 0 saturated heterocycles. The van der Waals surface area contributed by atoms with Gasteiger partial charge in [-0.3, -0.25) is 0 Å². The summed E-state index contributed by atoms with van der Waals surface area (Å²) in [6, 6.07) is 4.54. The molecule has 12 heavy (non-hydrogen) atoms. The SMILES string of the molecule is [CH2]CC(=C)c1ccc(F)c(Cl)c1. The summed E-state index contributed by atoms with van der Waals surface area (Å²) in [5.74, 6) is -0.405. The maximum absolute atomic E-state index is 12.7. The first-order valence-electron chi connectivity index (χ1n) is 3.57. The molecule has 0 atom stereocenters. The first kappa shape index (κ1) is 9.27. The number of benzene rings is 1. The fourth-order valence-corrected chi connectivity index (χ4v) is 1.04. The van der Waals surface area contributed by atoms with Crippen LogP contribution in [-0.4, -0.2) is 0 Å². The maximum atomic E-state index is 12.7. The highest BCUT2D eigenvalue weighted by atomic mass is 35.5. The molecule has 0 fully saturated rings. The number of rotatable bonds is 2. The Hall–Kier alpha value is -0.820. The first-order chi connectivity index (χ1) is 5.65. The lowest BCUT2D eigenvalue weighted by Gasteiger charge is -2.02. The van der Waals surface area contributed by atoms with E-state index in [0.29, 0.717) is 6.42 Å². The van der Waals surface area contributed by atoms with Crippen LogP contribution in [0, 0.1) is 12.7 Å². The largest absolute Gasteiger partial charge is 0.205 e. The van der Waals surface area contributed by atoms with Crippen molar-refractivity contribution in [2.24, 2.45) is 0 Å². The van der Waals surface area contributed by atoms with E-state index in [2.05, 4.69) is 13.5 Å². The van der Waals surface area contributed by atoms with Gasteiger partial charge < -0.3 is 0 Å². The van der Waals surface area contributed by atoms with E-state index in [0.717, 1.165) is 11.1 Å². The first-order valence-corrected chi connectivity index (χ1v) is 3.95. The van der Waals surface area contributed by atoms with Gasteiger partial charge in [-0.2, -0.15) is 0 Å². The minimum atomic E-state index is -0.405. The van der Waals surface area contributed by atoms with Gasteiger partial charge in [0, 0.05) is 0 Å². The van der Waals surface area contributed by atoms with Gasteiger partial charge in [0.15, 0.2) is 0 Å². The van der Waals surface area contributed by atoms with Crippen LogP contribution in [0.5, 0.6) is 0 Å². The van der Waals surface area contributed by atoms with Crippen molar-refractivity contribution >= 4 is 17.2 Å². The minimum Gasteiger partial charge on any atom is -0.205 e. The number of hydrogen-bond acceptors (Lipinski definition) is 0. The Morgan fingerprint density at radius 3 is 2.67 bits per heavy atom. The van der Waals surface area contributed by atoms with E-state index in [1.165, 1.54) is 6.07 Å². The molecular formula is C10H9ClF. The molecule has 63 valence electrons. The molecular weight excluding hydrogens is 175 g/mol. The van der Waals surface area contributed by atoms with Crippen LogP contribution in [0.3, 0.4) is 0 Å². The zero-order chi connectivity index (χ0) is 9.14. The van der Waals surface area contributed by atoms with E-state index in [9.17, 15) is 4.39 Å². The van der Waals surface area contributed by atoms with Crippen LogP contribution >= 0.6 is 11.6 Å². The highest BCUT2D eigenvalue weighted by Crippen LogP contribution is 2.21. The second-order valence-corrected chi connectivity index (χ2v) is 2.89. The van der Waals surface area contributed by atoms with Crippen LogP contribution in [0.1, 0.15) is 12.0 Å². The Morgan fingerprint density at radius 2 is 2.17 bits per heavy atom. The summed E-state index contributed by atoms with van der Waals surface area (Å²) in [5, 5.41) is 0.127. The molecule has 0 spiro atoms. The molecule has 0 saturated carbocycles. The molecule has 0 aliphatic carbocycles. The second kappa shape index (κ2) is 3.72.